The van der Waals surface area contributed by atoms with Crippen LogP contribution in [0.15, 0.2) is 12.2 Å². The predicted octanol–water partition coefficient (Wildman–Crippen LogP) is 3.32. The normalized spacial score (nSPS) is 9.17. The fourth-order valence-electron chi connectivity index (χ4n) is 0.968. The number of nitrogens with zero attached hydrogens (tertiary/aromatic N) is 1. The predicted molar refractivity (Wildman–Crippen MR) is 58.6 cm³/mol. The molecule has 0 aliphatic carbocycles. The lowest BCUT2D eigenvalue weighted by atomic mass is 10.3. The Bertz CT molecular complexity index is 97.2. The number of hydrogen-bond acceptors (Lipinski definition) is 1. The van der Waals surface area contributed by atoms with Crippen LogP contribution in [0.3, 0.4) is 0 Å². The van der Waals surface area contributed by atoms with Crippen molar-refractivity contribution in [3.63, 3.8) is 0 Å². The summed E-state index contributed by atoms with van der Waals surface area (Å²) in [5.74, 6) is 0. The molecule has 0 aromatic carbocycles. The maximum absolute atomic E-state index is 3.86. The zero-order chi connectivity index (χ0) is 9.98. The van der Waals surface area contributed by atoms with Gasteiger partial charge in [-0.15, -0.1) is 0 Å². The molecule has 1 nitrogen and oxygen atoms in total. The average molecular weight is 171 g/mol. The van der Waals surface area contributed by atoms with Gasteiger partial charge in [0, 0.05) is 6.54 Å². The van der Waals surface area contributed by atoms with Crippen molar-refractivity contribution in [3.05, 3.63) is 12.2 Å². The first-order chi connectivity index (χ1) is 5.66. The van der Waals surface area contributed by atoms with E-state index in [9.17, 15) is 0 Å². The Morgan fingerprint density at radius 2 is 1.83 bits per heavy atom. The van der Waals surface area contributed by atoms with Crippen molar-refractivity contribution >= 4 is 0 Å². The number of rotatable bonds is 5. The van der Waals surface area contributed by atoms with Crippen LogP contribution in [0.1, 0.15) is 40.5 Å². The van der Waals surface area contributed by atoms with Gasteiger partial charge in [-0.2, -0.15) is 0 Å². The Morgan fingerprint density at radius 1 is 1.33 bits per heavy atom. The molecular formula is C11H25N. The Hall–Kier alpha value is -0.300. The van der Waals surface area contributed by atoms with Crippen LogP contribution in [0.25, 0.3) is 0 Å². The third kappa shape index (κ3) is 12.4. The lowest BCUT2D eigenvalue weighted by molar-refractivity contribution is 0.355. The molecule has 0 bridgehead atoms. The third-order valence-corrected chi connectivity index (χ3v) is 1.43. The van der Waals surface area contributed by atoms with Crippen molar-refractivity contribution in [1.82, 2.24) is 4.90 Å². The molecule has 0 unspecified atom stereocenters. The van der Waals surface area contributed by atoms with Gasteiger partial charge in [0.15, 0.2) is 0 Å². The third-order valence-electron chi connectivity index (χ3n) is 1.43. The van der Waals surface area contributed by atoms with Crippen LogP contribution in [0.5, 0.6) is 0 Å². The minimum absolute atomic E-state index is 1.04. The van der Waals surface area contributed by atoms with Crippen LogP contribution < -0.4 is 0 Å². The van der Waals surface area contributed by atoms with Gasteiger partial charge in [0.1, 0.15) is 0 Å². The SMILES string of the molecule is C=C(C)CN(C)CCCC.CC. The second-order valence-electron chi connectivity index (χ2n) is 3.05. The molecule has 0 fully saturated rings. The van der Waals surface area contributed by atoms with E-state index in [1.165, 1.54) is 25.0 Å². The Balaban J connectivity index is 0. The van der Waals surface area contributed by atoms with Crippen LogP contribution in [0, 0.1) is 0 Å². The van der Waals surface area contributed by atoms with Crippen molar-refractivity contribution in [1.29, 1.82) is 0 Å². The van der Waals surface area contributed by atoms with E-state index < -0.39 is 0 Å². The summed E-state index contributed by atoms with van der Waals surface area (Å²) in [7, 11) is 2.14. The molecule has 0 aliphatic heterocycles. The van der Waals surface area contributed by atoms with E-state index in [1.54, 1.807) is 0 Å². The summed E-state index contributed by atoms with van der Waals surface area (Å²) in [5, 5.41) is 0. The van der Waals surface area contributed by atoms with Gasteiger partial charge >= 0.3 is 0 Å². The minimum Gasteiger partial charge on any atom is -0.302 e. The smallest absolute Gasteiger partial charge is 0.0184 e. The fraction of sp³-hybridized carbons (Fsp3) is 0.818. The van der Waals surface area contributed by atoms with Gasteiger partial charge in [0.05, 0.1) is 0 Å². The summed E-state index contributed by atoms with van der Waals surface area (Å²) in [6, 6.07) is 0. The molecule has 12 heavy (non-hydrogen) atoms. The average Bonchev–Trinajstić information content (AvgIpc) is 2.03. The van der Waals surface area contributed by atoms with Gasteiger partial charge in [-0.3, -0.25) is 0 Å². The molecule has 0 amide bonds. The summed E-state index contributed by atoms with van der Waals surface area (Å²) in [6.07, 6.45) is 2.57. The second-order valence-corrected chi connectivity index (χ2v) is 3.05. The first-order valence-electron chi connectivity index (χ1n) is 4.99. The highest BCUT2D eigenvalue weighted by molar-refractivity contribution is 4.90. The van der Waals surface area contributed by atoms with E-state index >= 15 is 0 Å². The van der Waals surface area contributed by atoms with Crippen molar-refractivity contribution in [2.75, 3.05) is 20.1 Å². The van der Waals surface area contributed by atoms with E-state index in [-0.39, 0.29) is 0 Å². The molecule has 0 aromatic rings. The highest BCUT2D eigenvalue weighted by atomic mass is 15.1. The molecule has 0 aromatic heterocycles. The Morgan fingerprint density at radius 3 is 2.17 bits per heavy atom. The van der Waals surface area contributed by atoms with Gasteiger partial charge < -0.3 is 4.90 Å². The lowest BCUT2D eigenvalue weighted by Crippen LogP contribution is -2.21. The largest absolute Gasteiger partial charge is 0.302 e. The maximum Gasteiger partial charge on any atom is 0.0184 e. The molecule has 0 atom stereocenters. The highest BCUT2D eigenvalue weighted by Gasteiger charge is 1.95. The molecule has 0 saturated heterocycles. The molecule has 0 radical (unpaired) electrons. The topological polar surface area (TPSA) is 3.24 Å². The number of likely N-dealkylation sites (N-methyl/N-ethyl adjacent to an activating group) is 1. The van der Waals surface area contributed by atoms with Crippen LogP contribution in [-0.2, 0) is 0 Å². The molecule has 0 saturated carbocycles. The van der Waals surface area contributed by atoms with E-state index in [0.29, 0.717) is 0 Å². The monoisotopic (exact) mass is 171 g/mol. The summed E-state index contributed by atoms with van der Waals surface area (Å²) < 4.78 is 0. The summed E-state index contributed by atoms with van der Waals surface area (Å²) >= 11 is 0. The molecule has 74 valence electrons. The Labute approximate surface area is 78.5 Å². The van der Waals surface area contributed by atoms with Crippen molar-refractivity contribution < 1.29 is 0 Å². The molecule has 0 heterocycles. The number of unbranched alkanes of at least 4 members (excludes halogenated alkanes) is 1. The molecule has 0 rings (SSSR count). The maximum atomic E-state index is 3.86. The Kier molecular flexibility index (Phi) is 12.7. The fourth-order valence-corrected chi connectivity index (χ4v) is 0.968. The van der Waals surface area contributed by atoms with Gasteiger partial charge in [-0.25, -0.2) is 0 Å². The van der Waals surface area contributed by atoms with Gasteiger partial charge in [-0.05, 0) is 26.9 Å². The first-order valence-corrected chi connectivity index (χ1v) is 4.99. The van der Waals surface area contributed by atoms with Crippen molar-refractivity contribution in [2.45, 2.75) is 40.5 Å². The number of hydrogen-bond donors (Lipinski definition) is 0. The van der Waals surface area contributed by atoms with Crippen molar-refractivity contribution in [3.8, 4) is 0 Å². The summed E-state index contributed by atoms with van der Waals surface area (Å²) in [6.45, 7) is 14.4. The molecule has 0 N–H and O–H groups in total. The van der Waals surface area contributed by atoms with Gasteiger partial charge in [0.25, 0.3) is 0 Å². The van der Waals surface area contributed by atoms with E-state index in [4.69, 9.17) is 0 Å². The van der Waals surface area contributed by atoms with E-state index in [1.807, 2.05) is 13.8 Å². The summed E-state index contributed by atoms with van der Waals surface area (Å²) in [5.41, 5.74) is 1.25. The second kappa shape index (κ2) is 10.7. The molecule has 0 spiro atoms. The van der Waals surface area contributed by atoms with Crippen LogP contribution in [-0.4, -0.2) is 25.0 Å². The summed E-state index contributed by atoms with van der Waals surface area (Å²) in [4.78, 5) is 2.31. The van der Waals surface area contributed by atoms with E-state index in [2.05, 4.69) is 32.4 Å². The molecule has 0 aliphatic rings. The van der Waals surface area contributed by atoms with E-state index in [0.717, 1.165) is 6.54 Å². The van der Waals surface area contributed by atoms with Crippen LogP contribution >= 0.6 is 0 Å². The van der Waals surface area contributed by atoms with Gasteiger partial charge in [0.2, 0.25) is 0 Å². The van der Waals surface area contributed by atoms with Crippen LogP contribution in [0.2, 0.25) is 0 Å². The molecule has 1 heteroatoms. The quantitative estimate of drug-likeness (QED) is 0.574. The minimum atomic E-state index is 1.04. The lowest BCUT2D eigenvalue weighted by Gasteiger charge is -2.15. The zero-order valence-corrected chi connectivity index (χ0v) is 9.48. The highest BCUT2D eigenvalue weighted by Crippen LogP contribution is 1.95. The molecular weight excluding hydrogens is 146 g/mol. The van der Waals surface area contributed by atoms with Gasteiger partial charge in [-0.1, -0.05) is 39.3 Å². The van der Waals surface area contributed by atoms with Crippen molar-refractivity contribution in [2.24, 2.45) is 0 Å². The standard InChI is InChI=1S/C9H19N.C2H6/c1-5-6-7-10(4)8-9(2)3;1-2/h2,5-8H2,1,3-4H3;1-2H3. The van der Waals surface area contributed by atoms with Crippen LogP contribution in [0.4, 0.5) is 0 Å². The zero-order valence-electron chi connectivity index (χ0n) is 9.48. The first kappa shape index (κ1) is 14.2.